The van der Waals surface area contributed by atoms with Crippen LogP contribution < -0.4 is 0 Å². The van der Waals surface area contributed by atoms with E-state index in [9.17, 15) is 4.79 Å². The summed E-state index contributed by atoms with van der Waals surface area (Å²) in [7, 11) is 2.03. The molecule has 2 rings (SSSR count). The minimum Gasteiger partial charge on any atom is -0.296 e. The number of hydrogen-bond donors (Lipinski definition) is 0. The summed E-state index contributed by atoms with van der Waals surface area (Å²) in [5.74, 6) is 0.934. The van der Waals surface area contributed by atoms with Gasteiger partial charge in [-0.3, -0.25) is 9.69 Å². The first-order valence-corrected chi connectivity index (χ1v) is 6.95. The van der Waals surface area contributed by atoms with Gasteiger partial charge >= 0.3 is 0 Å². The van der Waals surface area contributed by atoms with Gasteiger partial charge < -0.3 is 0 Å². The summed E-state index contributed by atoms with van der Waals surface area (Å²) in [4.78, 5) is 14.5. The highest BCUT2D eigenvalue weighted by Crippen LogP contribution is 2.27. The Kier molecular flexibility index (Phi) is 4.41. The van der Waals surface area contributed by atoms with Crippen molar-refractivity contribution in [3.8, 4) is 0 Å². The zero-order chi connectivity index (χ0) is 13.1. The molecule has 1 fully saturated rings. The van der Waals surface area contributed by atoms with Crippen molar-refractivity contribution in [2.75, 3.05) is 13.6 Å². The molecule has 0 saturated heterocycles. The van der Waals surface area contributed by atoms with Crippen molar-refractivity contribution in [1.29, 1.82) is 0 Å². The van der Waals surface area contributed by atoms with Crippen molar-refractivity contribution in [3.05, 3.63) is 34.9 Å². The Morgan fingerprint density at radius 3 is 2.78 bits per heavy atom. The molecule has 1 aliphatic rings. The van der Waals surface area contributed by atoms with Gasteiger partial charge in [-0.1, -0.05) is 30.2 Å². The van der Waals surface area contributed by atoms with Gasteiger partial charge in [-0.05, 0) is 44.9 Å². The molecule has 0 aromatic heterocycles. The van der Waals surface area contributed by atoms with E-state index >= 15 is 0 Å². The molecular weight excluding hydrogens is 246 g/mol. The fraction of sp³-hybridized carbons (Fsp3) is 0.533. The van der Waals surface area contributed by atoms with Crippen LogP contribution in [0.25, 0.3) is 0 Å². The second-order valence-corrected chi connectivity index (χ2v) is 5.72. The maximum absolute atomic E-state index is 12.3. The average Bonchev–Trinajstić information content (AvgIpc) is 2.31. The zero-order valence-electron chi connectivity index (χ0n) is 11.0. The van der Waals surface area contributed by atoms with Gasteiger partial charge in [0.05, 0.1) is 6.04 Å². The molecular formula is C15H20ClNO. The van der Waals surface area contributed by atoms with E-state index in [1.54, 1.807) is 12.1 Å². The molecule has 98 valence electrons. The van der Waals surface area contributed by atoms with Gasteiger partial charge in [-0.15, -0.1) is 0 Å². The van der Waals surface area contributed by atoms with E-state index in [0.717, 1.165) is 12.5 Å². The number of halogens is 1. The molecule has 0 spiro atoms. The lowest BCUT2D eigenvalue weighted by atomic mass is 9.85. The number of rotatable bonds is 5. The molecule has 1 aromatic carbocycles. The Labute approximate surface area is 114 Å². The second-order valence-electron chi connectivity index (χ2n) is 5.29. The molecule has 1 aliphatic carbocycles. The van der Waals surface area contributed by atoms with E-state index in [0.29, 0.717) is 10.6 Å². The number of carbonyl (C=O) groups excluding carboxylic acids is 1. The maximum atomic E-state index is 12.3. The molecule has 0 heterocycles. The minimum absolute atomic E-state index is 0.0796. The van der Waals surface area contributed by atoms with Crippen LogP contribution >= 0.6 is 11.6 Å². The molecule has 0 aliphatic heterocycles. The van der Waals surface area contributed by atoms with Crippen LogP contribution in [0.1, 0.15) is 36.5 Å². The number of hydrogen-bond acceptors (Lipinski definition) is 2. The molecule has 0 bridgehead atoms. The maximum Gasteiger partial charge on any atom is 0.179 e. The van der Waals surface area contributed by atoms with Crippen molar-refractivity contribution in [1.82, 2.24) is 4.90 Å². The van der Waals surface area contributed by atoms with Crippen molar-refractivity contribution < 1.29 is 4.79 Å². The number of likely N-dealkylation sites (N-methyl/N-ethyl adjacent to an activating group) is 1. The largest absolute Gasteiger partial charge is 0.296 e. The van der Waals surface area contributed by atoms with E-state index in [1.165, 1.54) is 19.3 Å². The van der Waals surface area contributed by atoms with Gasteiger partial charge in [0.2, 0.25) is 0 Å². The first-order chi connectivity index (χ1) is 8.58. The highest BCUT2D eigenvalue weighted by Gasteiger charge is 2.25. The smallest absolute Gasteiger partial charge is 0.179 e. The van der Waals surface area contributed by atoms with Crippen LogP contribution in [0.3, 0.4) is 0 Å². The summed E-state index contributed by atoms with van der Waals surface area (Å²) in [5.41, 5.74) is 0.704. The zero-order valence-corrected chi connectivity index (χ0v) is 11.8. The van der Waals surface area contributed by atoms with Crippen molar-refractivity contribution in [3.63, 3.8) is 0 Å². The number of carbonyl (C=O) groups is 1. The van der Waals surface area contributed by atoms with Crippen LogP contribution in [-0.2, 0) is 0 Å². The fourth-order valence-electron chi connectivity index (χ4n) is 2.32. The Morgan fingerprint density at radius 2 is 2.22 bits per heavy atom. The molecule has 1 saturated carbocycles. The van der Waals surface area contributed by atoms with Gasteiger partial charge in [-0.25, -0.2) is 0 Å². The van der Waals surface area contributed by atoms with Gasteiger partial charge in [0.15, 0.2) is 5.78 Å². The van der Waals surface area contributed by atoms with Crippen LogP contribution in [0.2, 0.25) is 5.02 Å². The van der Waals surface area contributed by atoms with Crippen LogP contribution in [0, 0.1) is 5.92 Å². The minimum atomic E-state index is -0.0796. The Balaban J connectivity index is 1.98. The van der Waals surface area contributed by atoms with Crippen LogP contribution in [0.15, 0.2) is 24.3 Å². The monoisotopic (exact) mass is 265 g/mol. The van der Waals surface area contributed by atoms with E-state index in [1.807, 2.05) is 26.1 Å². The highest BCUT2D eigenvalue weighted by molar-refractivity contribution is 6.31. The molecule has 3 heteroatoms. The van der Waals surface area contributed by atoms with Crippen LogP contribution in [0.5, 0.6) is 0 Å². The molecule has 0 radical (unpaired) electrons. The normalized spacial score (nSPS) is 17.6. The summed E-state index contributed by atoms with van der Waals surface area (Å²) < 4.78 is 0. The van der Waals surface area contributed by atoms with Gasteiger partial charge in [-0.2, -0.15) is 0 Å². The van der Waals surface area contributed by atoms with E-state index in [-0.39, 0.29) is 11.8 Å². The lowest BCUT2D eigenvalue weighted by molar-refractivity contribution is 0.0828. The predicted octanol–water partition coefficient (Wildman–Crippen LogP) is 3.64. The summed E-state index contributed by atoms with van der Waals surface area (Å²) in [6, 6.07) is 7.12. The Bertz CT molecular complexity index is 428. The fourth-order valence-corrected chi connectivity index (χ4v) is 2.51. The van der Waals surface area contributed by atoms with Gasteiger partial charge in [0, 0.05) is 17.1 Å². The molecule has 1 atom stereocenters. The van der Waals surface area contributed by atoms with Crippen LogP contribution in [-0.4, -0.2) is 30.3 Å². The summed E-state index contributed by atoms with van der Waals surface area (Å²) in [5, 5.41) is 0.620. The van der Waals surface area contributed by atoms with E-state index < -0.39 is 0 Å². The van der Waals surface area contributed by atoms with Gasteiger partial charge in [0.1, 0.15) is 0 Å². The summed E-state index contributed by atoms with van der Waals surface area (Å²) >= 11 is 5.92. The molecule has 1 unspecified atom stereocenters. The molecule has 1 aromatic rings. The predicted molar refractivity (Wildman–Crippen MR) is 75.2 cm³/mol. The molecule has 0 N–H and O–H groups in total. The number of benzene rings is 1. The first-order valence-electron chi connectivity index (χ1n) is 6.58. The Morgan fingerprint density at radius 1 is 1.50 bits per heavy atom. The van der Waals surface area contributed by atoms with Crippen molar-refractivity contribution in [2.24, 2.45) is 5.92 Å². The third-order valence-electron chi connectivity index (χ3n) is 3.92. The van der Waals surface area contributed by atoms with E-state index in [4.69, 9.17) is 11.6 Å². The summed E-state index contributed by atoms with van der Waals surface area (Å²) in [6.45, 7) is 3.00. The molecule has 0 amide bonds. The van der Waals surface area contributed by atoms with Crippen molar-refractivity contribution in [2.45, 2.75) is 32.2 Å². The molecule has 18 heavy (non-hydrogen) atoms. The molecule has 2 nitrogen and oxygen atoms in total. The second kappa shape index (κ2) is 5.85. The number of nitrogens with zero attached hydrogens (tertiary/aromatic N) is 1. The van der Waals surface area contributed by atoms with Gasteiger partial charge in [0.25, 0.3) is 0 Å². The summed E-state index contributed by atoms with van der Waals surface area (Å²) in [6.07, 6.45) is 3.96. The average molecular weight is 266 g/mol. The topological polar surface area (TPSA) is 20.3 Å². The first kappa shape index (κ1) is 13.6. The SMILES string of the molecule is CC(C(=O)c1cccc(Cl)c1)N(C)CC1CCC1. The van der Waals surface area contributed by atoms with Crippen LogP contribution in [0.4, 0.5) is 0 Å². The third-order valence-corrected chi connectivity index (χ3v) is 4.16. The quantitative estimate of drug-likeness (QED) is 0.758. The lowest BCUT2D eigenvalue weighted by Crippen LogP contribution is -2.40. The standard InChI is InChI=1S/C15H20ClNO/c1-11(17(2)10-12-5-3-6-12)15(18)13-7-4-8-14(16)9-13/h4,7-9,11-12H,3,5-6,10H2,1-2H3. The van der Waals surface area contributed by atoms with E-state index in [2.05, 4.69) is 4.90 Å². The number of ketones is 1. The number of Topliss-reactive ketones (excluding diaryl/α,β-unsaturated/α-hetero) is 1. The highest BCUT2D eigenvalue weighted by atomic mass is 35.5. The lowest BCUT2D eigenvalue weighted by Gasteiger charge is -2.32. The third kappa shape index (κ3) is 3.12. The van der Waals surface area contributed by atoms with Crippen molar-refractivity contribution >= 4 is 17.4 Å². The Hall–Kier alpha value is -0.860.